The Balaban J connectivity index is 1.73. The summed E-state index contributed by atoms with van der Waals surface area (Å²) in [7, 11) is -3.72. The summed E-state index contributed by atoms with van der Waals surface area (Å²) < 4.78 is 33.0. The second kappa shape index (κ2) is 9.13. The highest BCUT2D eigenvalue weighted by Gasteiger charge is 2.32. The van der Waals surface area contributed by atoms with Gasteiger partial charge in [0, 0.05) is 11.3 Å². The normalized spacial score (nSPS) is 16.4. The zero-order valence-corrected chi connectivity index (χ0v) is 18.0. The maximum atomic E-state index is 12.6. The monoisotopic (exact) mass is 427 g/mol. The van der Waals surface area contributed by atoms with Crippen LogP contribution in [0.1, 0.15) is 31.9 Å². The number of anilines is 1. The van der Waals surface area contributed by atoms with E-state index >= 15 is 0 Å². The molecule has 2 N–H and O–H groups in total. The molecular formula is C22H25N3O4S. The van der Waals surface area contributed by atoms with Crippen molar-refractivity contribution in [2.24, 2.45) is 4.99 Å². The maximum absolute atomic E-state index is 12.6. The summed E-state index contributed by atoms with van der Waals surface area (Å²) in [4.78, 5) is 16.6. The molecule has 1 heterocycles. The van der Waals surface area contributed by atoms with E-state index in [2.05, 4.69) is 15.0 Å². The Morgan fingerprint density at radius 1 is 1.07 bits per heavy atom. The number of rotatable bonds is 7. The van der Waals surface area contributed by atoms with E-state index in [0.29, 0.717) is 23.4 Å². The molecule has 1 amide bonds. The van der Waals surface area contributed by atoms with Crippen LogP contribution < -0.4 is 14.8 Å². The van der Waals surface area contributed by atoms with E-state index in [4.69, 9.17) is 4.74 Å². The highest BCUT2D eigenvalue weighted by Crippen LogP contribution is 2.30. The highest BCUT2D eigenvalue weighted by molar-refractivity contribution is 8.00. The molecule has 8 heteroatoms. The van der Waals surface area contributed by atoms with Gasteiger partial charge in [0.05, 0.1) is 6.61 Å². The first kappa shape index (κ1) is 21.6. The molecule has 0 bridgehead atoms. The number of sulfonamides is 1. The second-order valence-corrected chi connectivity index (χ2v) is 8.40. The number of hydrogen-bond acceptors (Lipinski definition) is 5. The van der Waals surface area contributed by atoms with E-state index in [-0.39, 0.29) is 23.2 Å². The number of amidine groups is 1. The minimum Gasteiger partial charge on any atom is -0.494 e. The van der Waals surface area contributed by atoms with Crippen LogP contribution in [0.25, 0.3) is 4.91 Å². The summed E-state index contributed by atoms with van der Waals surface area (Å²) in [5, 5.41) is 2.73. The zero-order valence-electron chi connectivity index (χ0n) is 17.2. The summed E-state index contributed by atoms with van der Waals surface area (Å²) in [5.74, 6) is 0.558. The number of nitrogens with zero attached hydrogens (tertiary/aromatic N) is 1. The van der Waals surface area contributed by atoms with Crippen LogP contribution in [0.4, 0.5) is 5.69 Å². The van der Waals surface area contributed by atoms with Crippen molar-refractivity contribution in [3.63, 3.8) is 0 Å². The Morgan fingerprint density at radius 3 is 2.33 bits per heavy atom. The number of aliphatic imine (C=N–C) groups is 1. The summed E-state index contributed by atoms with van der Waals surface area (Å²) in [6.07, 6.45) is 0.874. The molecule has 0 saturated carbocycles. The molecule has 0 spiro atoms. The molecule has 0 unspecified atom stereocenters. The maximum Gasteiger partial charge on any atom is 0.264 e. The molecule has 158 valence electrons. The quantitative estimate of drug-likeness (QED) is 0.708. The molecule has 2 aromatic rings. The molecule has 30 heavy (non-hydrogen) atoms. The van der Waals surface area contributed by atoms with Crippen molar-refractivity contribution < 1.29 is 17.9 Å². The van der Waals surface area contributed by atoms with Crippen LogP contribution >= 0.6 is 0 Å². The van der Waals surface area contributed by atoms with Gasteiger partial charge in [0.15, 0.2) is 0 Å². The summed E-state index contributed by atoms with van der Waals surface area (Å²) in [6, 6.07) is 14.4. The van der Waals surface area contributed by atoms with Gasteiger partial charge in [0.1, 0.15) is 23.0 Å². The number of amides is 1. The van der Waals surface area contributed by atoms with Crippen LogP contribution in [0.3, 0.4) is 0 Å². The van der Waals surface area contributed by atoms with Gasteiger partial charge in [0.25, 0.3) is 10.0 Å². The fourth-order valence-electron chi connectivity index (χ4n) is 3.13. The minimum atomic E-state index is -3.72. The van der Waals surface area contributed by atoms with Gasteiger partial charge in [-0.3, -0.25) is 14.5 Å². The number of ether oxygens (including phenoxy) is 1. The molecular weight excluding hydrogens is 402 g/mol. The van der Waals surface area contributed by atoms with E-state index < -0.39 is 10.0 Å². The van der Waals surface area contributed by atoms with Crippen LogP contribution in [0, 0.1) is 0 Å². The van der Waals surface area contributed by atoms with E-state index in [1.54, 1.807) is 43.3 Å². The van der Waals surface area contributed by atoms with Crippen molar-refractivity contribution in [2.45, 2.75) is 27.2 Å². The first-order valence-corrected chi connectivity index (χ1v) is 11.2. The first-order valence-electron chi connectivity index (χ1n) is 9.74. The van der Waals surface area contributed by atoms with Crippen LogP contribution in [-0.2, 0) is 21.2 Å². The summed E-state index contributed by atoms with van der Waals surface area (Å²) >= 11 is 0. The predicted molar refractivity (Wildman–Crippen MR) is 119 cm³/mol. The van der Waals surface area contributed by atoms with Crippen molar-refractivity contribution in [2.75, 3.05) is 18.5 Å². The molecule has 0 aromatic heterocycles. The number of carbonyl (C=O) groups is 1. The Bertz CT molecular complexity index is 1090. The smallest absolute Gasteiger partial charge is 0.264 e. The molecule has 0 atom stereocenters. The molecule has 0 fully saturated rings. The predicted octanol–water partition coefficient (Wildman–Crippen LogP) is 3.35. The van der Waals surface area contributed by atoms with Crippen LogP contribution in [-0.4, -0.2) is 33.3 Å². The lowest BCUT2D eigenvalue weighted by Gasteiger charge is -2.06. The lowest BCUT2D eigenvalue weighted by atomic mass is 10.1. The second-order valence-electron chi connectivity index (χ2n) is 6.78. The Labute approximate surface area is 176 Å². The molecule has 3 rings (SSSR count). The lowest BCUT2D eigenvalue weighted by molar-refractivity contribution is -0.114. The van der Waals surface area contributed by atoms with E-state index in [1.807, 2.05) is 26.0 Å². The average molecular weight is 428 g/mol. The average Bonchev–Trinajstić information content (AvgIpc) is 2.96. The van der Waals surface area contributed by atoms with Gasteiger partial charge >= 0.3 is 0 Å². The van der Waals surface area contributed by atoms with Crippen LogP contribution in [0.5, 0.6) is 5.75 Å². The third-order valence-corrected chi connectivity index (χ3v) is 6.19. The molecule has 0 saturated heterocycles. The fourth-order valence-corrected chi connectivity index (χ4v) is 4.65. The standard InChI is InChI=1S/C22H25N3O4S/c1-4-16-6-8-17(9-7-16)21-15(3)22(25-30(21,27)28)23-14-20(26)24-18-10-12-19(13-11-18)29-5-2/h6-13H,4-5,14H2,1-3H3,(H,23,25)(H,24,26). The lowest BCUT2D eigenvalue weighted by Crippen LogP contribution is -2.25. The van der Waals surface area contributed by atoms with Gasteiger partial charge in [-0.25, -0.2) is 8.42 Å². The number of carbonyl (C=O) groups excluding carboxylic acids is 1. The Hall–Kier alpha value is -3.13. The number of hydrogen-bond donors (Lipinski definition) is 2. The van der Waals surface area contributed by atoms with Crippen molar-refractivity contribution in [3.05, 3.63) is 65.2 Å². The number of aryl methyl sites for hydroxylation is 1. The van der Waals surface area contributed by atoms with Crippen LogP contribution in [0.15, 0.2) is 59.1 Å². The number of benzene rings is 2. The SMILES string of the molecule is CCOc1ccc(NC(=O)CN=C2NS(=O)(=O)C(c3ccc(CC)cc3)=C2C)cc1. The zero-order chi connectivity index (χ0) is 21.7. The van der Waals surface area contributed by atoms with Crippen molar-refractivity contribution >= 4 is 32.4 Å². The van der Waals surface area contributed by atoms with Gasteiger partial charge in [-0.2, -0.15) is 0 Å². The molecule has 0 aliphatic carbocycles. The third kappa shape index (κ3) is 4.88. The number of nitrogens with one attached hydrogen (secondary N) is 2. The van der Waals surface area contributed by atoms with Gasteiger partial charge in [-0.05, 0) is 55.7 Å². The van der Waals surface area contributed by atoms with E-state index in [0.717, 1.165) is 17.7 Å². The molecule has 1 aliphatic heterocycles. The summed E-state index contributed by atoms with van der Waals surface area (Å²) in [6.45, 7) is 5.98. The van der Waals surface area contributed by atoms with Gasteiger partial charge in [0.2, 0.25) is 5.91 Å². The Morgan fingerprint density at radius 2 is 1.73 bits per heavy atom. The van der Waals surface area contributed by atoms with Gasteiger partial charge < -0.3 is 10.1 Å². The fraction of sp³-hybridized carbons (Fsp3) is 0.273. The summed E-state index contributed by atoms with van der Waals surface area (Å²) in [5.41, 5.74) is 2.83. The van der Waals surface area contributed by atoms with Crippen molar-refractivity contribution in [3.8, 4) is 5.75 Å². The molecule has 0 radical (unpaired) electrons. The highest BCUT2D eigenvalue weighted by atomic mass is 32.2. The van der Waals surface area contributed by atoms with Crippen molar-refractivity contribution in [1.82, 2.24) is 4.72 Å². The largest absolute Gasteiger partial charge is 0.494 e. The Kier molecular flexibility index (Phi) is 6.56. The molecule has 1 aliphatic rings. The first-order chi connectivity index (χ1) is 14.3. The van der Waals surface area contributed by atoms with E-state index in [9.17, 15) is 13.2 Å². The molecule has 2 aromatic carbocycles. The minimum absolute atomic E-state index is 0.186. The van der Waals surface area contributed by atoms with Gasteiger partial charge in [-0.1, -0.05) is 31.2 Å². The van der Waals surface area contributed by atoms with Gasteiger partial charge in [-0.15, -0.1) is 0 Å². The topological polar surface area (TPSA) is 96.9 Å². The van der Waals surface area contributed by atoms with E-state index in [1.165, 1.54) is 0 Å². The van der Waals surface area contributed by atoms with Crippen LogP contribution in [0.2, 0.25) is 0 Å². The molecule has 7 nitrogen and oxygen atoms in total. The van der Waals surface area contributed by atoms with Crippen molar-refractivity contribution in [1.29, 1.82) is 0 Å². The third-order valence-electron chi connectivity index (χ3n) is 4.65.